The van der Waals surface area contributed by atoms with E-state index in [0.717, 1.165) is 6.42 Å². The largest absolute Gasteiger partial charge is 0.337 e. The Hall–Kier alpha value is -3.77. The van der Waals surface area contributed by atoms with Gasteiger partial charge in [-0.05, 0) is 56.8 Å². The van der Waals surface area contributed by atoms with E-state index in [2.05, 4.69) is 15.0 Å². The molecule has 0 unspecified atom stereocenters. The Morgan fingerprint density at radius 2 is 2.06 bits per heavy atom. The zero-order valence-electron chi connectivity index (χ0n) is 18.1. The van der Waals surface area contributed by atoms with E-state index in [9.17, 15) is 14.0 Å². The summed E-state index contributed by atoms with van der Waals surface area (Å²) in [4.78, 5) is 33.9. The molecule has 1 aliphatic heterocycles. The maximum atomic E-state index is 14.3. The molecule has 8 nitrogen and oxygen atoms in total. The maximum absolute atomic E-state index is 14.3. The van der Waals surface area contributed by atoms with Gasteiger partial charge in [-0.15, -0.1) is 0 Å². The number of halogens is 1. The average molecular weight is 434 g/mol. The van der Waals surface area contributed by atoms with Crippen LogP contribution in [0.25, 0.3) is 16.9 Å². The summed E-state index contributed by atoms with van der Waals surface area (Å²) in [6, 6.07) is 8.29. The van der Waals surface area contributed by atoms with Crippen molar-refractivity contribution in [2.45, 2.75) is 19.4 Å². The number of benzene rings is 1. The Bertz CT molecular complexity index is 1270. The number of hydrogen-bond acceptors (Lipinski definition) is 5. The molecule has 1 aromatic carbocycles. The van der Waals surface area contributed by atoms with Gasteiger partial charge in [0.1, 0.15) is 11.9 Å². The van der Waals surface area contributed by atoms with Crippen molar-refractivity contribution in [3.05, 3.63) is 69.5 Å². The molecule has 32 heavy (non-hydrogen) atoms. The van der Waals surface area contributed by atoms with Crippen molar-refractivity contribution in [1.82, 2.24) is 24.6 Å². The van der Waals surface area contributed by atoms with Crippen molar-refractivity contribution in [2.24, 2.45) is 0 Å². The number of likely N-dealkylation sites (N-methyl/N-ethyl adjacent to an activating group) is 1. The van der Waals surface area contributed by atoms with Crippen molar-refractivity contribution >= 4 is 5.91 Å². The number of aromatic nitrogens is 3. The summed E-state index contributed by atoms with van der Waals surface area (Å²) >= 11 is 0. The van der Waals surface area contributed by atoms with Gasteiger partial charge in [0, 0.05) is 31.5 Å². The summed E-state index contributed by atoms with van der Waals surface area (Å²) in [6.45, 7) is 2.90. The number of rotatable bonds is 4. The summed E-state index contributed by atoms with van der Waals surface area (Å²) in [6.07, 6.45) is 3.86. The molecular weight excluding hydrogens is 411 g/mol. The minimum absolute atomic E-state index is 0.0704. The number of likely N-dealkylation sites (tertiary alicyclic amines) is 1. The van der Waals surface area contributed by atoms with Crippen LogP contribution in [0.15, 0.2) is 41.5 Å². The van der Waals surface area contributed by atoms with E-state index in [0.29, 0.717) is 36.1 Å². The molecule has 0 saturated carbocycles. The van der Waals surface area contributed by atoms with Crippen LogP contribution in [0.1, 0.15) is 27.9 Å². The molecule has 1 aliphatic rings. The van der Waals surface area contributed by atoms with Crippen LogP contribution in [0, 0.1) is 24.1 Å². The highest BCUT2D eigenvalue weighted by atomic mass is 19.1. The van der Waals surface area contributed by atoms with E-state index >= 15 is 0 Å². The second-order valence-corrected chi connectivity index (χ2v) is 8.10. The first kappa shape index (κ1) is 21.5. The fraction of sp³-hybridized carbons (Fsp3) is 0.304. The third-order valence-electron chi connectivity index (χ3n) is 5.97. The molecule has 0 radical (unpaired) electrons. The number of nitrogens with zero attached hydrogens (tertiary/aromatic N) is 5. The summed E-state index contributed by atoms with van der Waals surface area (Å²) in [7, 11) is 4.01. The Balaban J connectivity index is 1.58. The summed E-state index contributed by atoms with van der Waals surface area (Å²) < 4.78 is 15.6. The van der Waals surface area contributed by atoms with Gasteiger partial charge in [-0.2, -0.15) is 5.26 Å². The standard InChI is InChI=1S/C23H23FN6O2/c1-14-18(6-4-15(10-25)21(14)24)19-12-27-30(23(19)32)20-7-5-16(11-26-20)22(31)29-9-8-17(13-29)28(2)3/h4-7,11-12,17,27H,8-9,13H2,1-3H3/t17-/m0/s1. The number of carbonyl (C=O) groups is 1. The number of amides is 1. The molecular formula is C23H23FN6O2. The zero-order chi connectivity index (χ0) is 23.0. The monoisotopic (exact) mass is 434 g/mol. The smallest absolute Gasteiger partial charge is 0.280 e. The Labute approximate surface area is 184 Å². The zero-order valence-corrected chi connectivity index (χ0v) is 18.1. The van der Waals surface area contributed by atoms with Crippen LogP contribution >= 0.6 is 0 Å². The number of nitriles is 1. The fourth-order valence-corrected chi connectivity index (χ4v) is 3.97. The number of aromatic amines is 1. The quantitative estimate of drug-likeness (QED) is 0.680. The molecule has 3 aromatic rings. The average Bonchev–Trinajstić information content (AvgIpc) is 3.43. The lowest BCUT2D eigenvalue weighted by atomic mass is 10.0. The molecule has 0 spiro atoms. The van der Waals surface area contributed by atoms with Crippen LogP contribution in [0.2, 0.25) is 0 Å². The minimum atomic E-state index is -0.642. The van der Waals surface area contributed by atoms with Crippen molar-refractivity contribution < 1.29 is 9.18 Å². The van der Waals surface area contributed by atoms with E-state index in [1.54, 1.807) is 24.3 Å². The lowest BCUT2D eigenvalue weighted by molar-refractivity contribution is 0.0782. The highest BCUT2D eigenvalue weighted by Crippen LogP contribution is 2.25. The van der Waals surface area contributed by atoms with Gasteiger partial charge >= 0.3 is 0 Å². The van der Waals surface area contributed by atoms with Crippen LogP contribution in [0.4, 0.5) is 4.39 Å². The summed E-state index contributed by atoms with van der Waals surface area (Å²) in [5.74, 6) is -0.412. The molecule has 0 bridgehead atoms. The lowest BCUT2D eigenvalue weighted by Gasteiger charge is -2.20. The lowest BCUT2D eigenvalue weighted by Crippen LogP contribution is -2.34. The van der Waals surface area contributed by atoms with Crippen LogP contribution < -0.4 is 5.56 Å². The molecule has 164 valence electrons. The third kappa shape index (κ3) is 3.69. The number of carbonyl (C=O) groups excluding carboxylic acids is 1. The van der Waals surface area contributed by atoms with Gasteiger partial charge in [0.15, 0.2) is 5.82 Å². The first-order valence-electron chi connectivity index (χ1n) is 10.2. The molecule has 2 aromatic heterocycles. The van der Waals surface area contributed by atoms with Crippen molar-refractivity contribution in [3.8, 4) is 23.0 Å². The van der Waals surface area contributed by atoms with Crippen molar-refractivity contribution in [2.75, 3.05) is 27.2 Å². The highest BCUT2D eigenvalue weighted by molar-refractivity contribution is 5.94. The second kappa shape index (κ2) is 8.40. The van der Waals surface area contributed by atoms with Gasteiger partial charge in [-0.25, -0.2) is 14.1 Å². The summed E-state index contributed by atoms with van der Waals surface area (Å²) in [5.41, 5.74) is 0.870. The molecule has 3 heterocycles. The number of H-pyrrole nitrogens is 1. The van der Waals surface area contributed by atoms with Crippen LogP contribution in [0.3, 0.4) is 0 Å². The predicted octanol–water partition coefficient (Wildman–Crippen LogP) is 2.32. The van der Waals surface area contributed by atoms with Gasteiger partial charge < -0.3 is 9.80 Å². The number of pyridine rings is 1. The normalized spacial score (nSPS) is 15.9. The van der Waals surface area contributed by atoms with Gasteiger partial charge in [0.05, 0.1) is 16.7 Å². The minimum Gasteiger partial charge on any atom is -0.337 e. The SMILES string of the molecule is Cc1c(-c2c[nH]n(-c3ccc(C(=O)N4CC[C@H](N(C)C)C4)cn3)c2=O)ccc(C#N)c1F. The predicted molar refractivity (Wildman–Crippen MR) is 117 cm³/mol. The van der Waals surface area contributed by atoms with Crippen molar-refractivity contribution in [1.29, 1.82) is 5.26 Å². The van der Waals surface area contributed by atoms with Gasteiger partial charge in [-0.1, -0.05) is 6.07 Å². The first-order valence-corrected chi connectivity index (χ1v) is 10.2. The number of nitrogens with one attached hydrogen (secondary N) is 1. The second-order valence-electron chi connectivity index (χ2n) is 8.10. The van der Waals surface area contributed by atoms with Crippen molar-refractivity contribution in [3.63, 3.8) is 0 Å². The Kier molecular flexibility index (Phi) is 5.63. The van der Waals surface area contributed by atoms with Gasteiger partial charge in [-0.3, -0.25) is 14.7 Å². The van der Waals surface area contributed by atoms with E-state index in [-0.39, 0.29) is 22.6 Å². The molecule has 1 N–H and O–H groups in total. The Morgan fingerprint density at radius 1 is 1.28 bits per heavy atom. The van der Waals surface area contributed by atoms with Crippen LogP contribution in [-0.2, 0) is 0 Å². The number of hydrogen-bond donors (Lipinski definition) is 1. The van der Waals surface area contributed by atoms with E-state index in [4.69, 9.17) is 5.26 Å². The van der Waals surface area contributed by atoms with Crippen LogP contribution in [0.5, 0.6) is 0 Å². The summed E-state index contributed by atoms with van der Waals surface area (Å²) in [5, 5.41) is 11.8. The van der Waals surface area contributed by atoms with Gasteiger partial charge in [0.25, 0.3) is 11.5 Å². The first-order chi connectivity index (χ1) is 15.3. The molecule has 1 amide bonds. The van der Waals surface area contributed by atoms with E-state index in [1.807, 2.05) is 19.0 Å². The molecule has 4 rings (SSSR count). The fourth-order valence-electron chi connectivity index (χ4n) is 3.97. The molecule has 9 heteroatoms. The van der Waals surface area contributed by atoms with Crippen LogP contribution in [-0.4, -0.2) is 63.7 Å². The molecule has 0 aliphatic carbocycles. The third-order valence-corrected chi connectivity index (χ3v) is 5.97. The molecule has 1 fully saturated rings. The highest BCUT2D eigenvalue weighted by Gasteiger charge is 2.28. The Morgan fingerprint density at radius 3 is 2.69 bits per heavy atom. The maximum Gasteiger partial charge on any atom is 0.280 e. The topological polar surface area (TPSA) is 98.0 Å². The van der Waals surface area contributed by atoms with Gasteiger partial charge in [0.2, 0.25) is 0 Å². The van der Waals surface area contributed by atoms with E-state index < -0.39 is 11.4 Å². The molecule has 1 atom stereocenters. The molecule has 1 saturated heterocycles. The van der Waals surface area contributed by atoms with E-state index in [1.165, 1.54) is 30.1 Å².